The summed E-state index contributed by atoms with van der Waals surface area (Å²) in [6, 6.07) is 18.7. The molecule has 36 heavy (non-hydrogen) atoms. The van der Waals surface area contributed by atoms with Gasteiger partial charge in [0, 0.05) is 52.4 Å². The minimum atomic E-state index is -0.379. The van der Waals surface area contributed by atoms with E-state index in [-0.39, 0.29) is 23.4 Å². The third-order valence-corrected chi connectivity index (χ3v) is 6.72. The number of nitrogens with zero attached hydrogens (tertiary/aromatic N) is 1. The lowest BCUT2D eigenvalue weighted by molar-refractivity contribution is -0.113. The molecule has 5 rings (SSSR count). The van der Waals surface area contributed by atoms with E-state index in [1.807, 2.05) is 30.5 Å². The van der Waals surface area contributed by atoms with Crippen molar-refractivity contribution in [2.45, 2.75) is 11.4 Å². The standard InChI is InChI=1S/C27H24FN3O4S/c28-19-7-5-18(6-8-19)27(33)29-11-12-31-16-25(21-3-1-2-4-22(21)31)36-17-26(32)30-20-9-10-23-24(15-20)35-14-13-34-23/h1-10,15-16H,11-14,17H2,(H,29,33)(H,30,32). The van der Waals surface area contributed by atoms with Crippen LogP contribution in [0.3, 0.4) is 0 Å². The highest BCUT2D eigenvalue weighted by molar-refractivity contribution is 8.00. The Hall–Kier alpha value is -3.98. The lowest BCUT2D eigenvalue weighted by atomic mass is 10.2. The maximum atomic E-state index is 13.1. The largest absolute Gasteiger partial charge is 0.486 e. The minimum absolute atomic E-state index is 0.125. The van der Waals surface area contributed by atoms with E-state index in [1.165, 1.54) is 36.0 Å². The first kappa shape index (κ1) is 23.7. The van der Waals surface area contributed by atoms with Crippen molar-refractivity contribution in [3.63, 3.8) is 0 Å². The van der Waals surface area contributed by atoms with E-state index in [9.17, 15) is 14.0 Å². The number of hydrogen-bond acceptors (Lipinski definition) is 5. The van der Waals surface area contributed by atoms with Crippen molar-refractivity contribution in [1.82, 2.24) is 9.88 Å². The zero-order valence-electron chi connectivity index (χ0n) is 19.3. The van der Waals surface area contributed by atoms with Crippen LogP contribution in [0.2, 0.25) is 0 Å². The number of benzene rings is 3. The van der Waals surface area contributed by atoms with Gasteiger partial charge in [-0.1, -0.05) is 18.2 Å². The van der Waals surface area contributed by atoms with Crippen molar-refractivity contribution < 1.29 is 23.5 Å². The summed E-state index contributed by atoms with van der Waals surface area (Å²) < 4.78 is 26.2. The van der Waals surface area contributed by atoms with E-state index in [2.05, 4.69) is 15.2 Å². The number of para-hydroxylation sites is 1. The number of carbonyl (C=O) groups is 2. The van der Waals surface area contributed by atoms with Crippen LogP contribution in [0.15, 0.2) is 77.8 Å². The smallest absolute Gasteiger partial charge is 0.251 e. The molecule has 1 aliphatic heterocycles. The van der Waals surface area contributed by atoms with E-state index >= 15 is 0 Å². The Morgan fingerprint density at radius 1 is 0.972 bits per heavy atom. The van der Waals surface area contributed by atoms with E-state index in [4.69, 9.17) is 9.47 Å². The summed E-state index contributed by atoms with van der Waals surface area (Å²) >= 11 is 1.45. The monoisotopic (exact) mass is 505 g/mol. The van der Waals surface area contributed by atoms with Crippen LogP contribution in [-0.4, -0.2) is 41.9 Å². The van der Waals surface area contributed by atoms with Gasteiger partial charge in [0.05, 0.1) is 5.75 Å². The number of rotatable bonds is 8. The summed E-state index contributed by atoms with van der Waals surface area (Å²) in [6.45, 7) is 1.96. The fraction of sp³-hybridized carbons (Fsp3) is 0.185. The minimum Gasteiger partial charge on any atom is -0.486 e. The lowest BCUT2D eigenvalue weighted by Crippen LogP contribution is -2.27. The van der Waals surface area contributed by atoms with Crippen molar-refractivity contribution in [3.05, 3.63) is 84.3 Å². The highest BCUT2D eigenvalue weighted by Gasteiger charge is 2.14. The first-order valence-electron chi connectivity index (χ1n) is 11.5. The molecule has 2 amide bonds. The molecule has 0 bridgehead atoms. The summed E-state index contributed by atoms with van der Waals surface area (Å²) in [6.07, 6.45) is 2.00. The molecule has 0 saturated carbocycles. The summed E-state index contributed by atoms with van der Waals surface area (Å²) in [4.78, 5) is 25.9. The van der Waals surface area contributed by atoms with E-state index in [1.54, 1.807) is 18.2 Å². The number of ether oxygens (including phenoxy) is 2. The second kappa shape index (κ2) is 10.7. The molecule has 2 N–H and O–H groups in total. The Balaban J connectivity index is 1.20. The topological polar surface area (TPSA) is 81.6 Å². The number of amides is 2. The van der Waals surface area contributed by atoms with Gasteiger partial charge in [-0.15, -0.1) is 11.8 Å². The summed E-state index contributed by atoms with van der Waals surface area (Å²) in [5, 5.41) is 6.82. The van der Waals surface area contributed by atoms with Crippen LogP contribution in [0.25, 0.3) is 10.9 Å². The van der Waals surface area contributed by atoms with Crippen molar-refractivity contribution in [2.75, 3.05) is 30.8 Å². The molecule has 0 spiro atoms. The van der Waals surface area contributed by atoms with Crippen LogP contribution in [0.4, 0.5) is 10.1 Å². The molecule has 3 aromatic carbocycles. The predicted molar refractivity (Wildman–Crippen MR) is 137 cm³/mol. The van der Waals surface area contributed by atoms with Gasteiger partial charge in [0.25, 0.3) is 5.91 Å². The lowest BCUT2D eigenvalue weighted by Gasteiger charge is -2.19. The number of fused-ring (bicyclic) bond motifs is 2. The van der Waals surface area contributed by atoms with Gasteiger partial charge in [0.2, 0.25) is 5.91 Å². The molecule has 0 aliphatic carbocycles. The average Bonchev–Trinajstić information content (AvgIpc) is 3.25. The maximum absolute atomic E-state index is 13.1. The van der Waals surface area contributed by atoms with Crippen LogP contribution < -0.4 is 20.1 Å². The quantitative estimate of drug-likeness (QED) is 0.339. The molecule has 0 fully saturated rings. The highest BCUT2D eigenvalue weighted by Crippen LogP contribution is 2.33. The zero-order chi connectivity index (χ0) is 24.9. The normalized spacial score (nSPS) is 12.4. The Morgan fingerprint density at radius 3 is 2.58 bits per heavy atom. The average molecular weight is 506 g/mol. The summed E-state index contributed by atoms with van der Waals surface area (Å²) in [7, 11) is 0. The van der Waals surface area contributed by atoms with Crippen LogP contribution in [-0.2, 0) is 11.3 Å². The number of halogens is 1. The Bertz CT molecular complexity index is 1400. The second-order valence-corrected chi connectivity index (χ2v) is 9.18. The van der Waals surface area contributed by atoms with Gasteiger partial charge in [0.15, 0.2) is 11.5 Å². The fourth-order valence-electron chi connectivity index (χ4n) is 3.97. The Morgan fingerprint density at radius 2 is 1.75 bits per heavy atom. The SMILES string of the molecule is O=C(CSc1cn(CCNC(=O)c2ccc(F)cc2)c2ccccc12)Nc1ccc2c(c1)OCCO2. The van der Waals surface area contributed by atoms with E-state index in [0.29, 0.717) is 49.1 Å². The summed E-state index contributed by atoms with van der Waals surface area (Å²) in [5.41, 5.74) is 2.08. The number of aromatic nitrogens is 1. The van der Waals surface area contributed by atoms with Crippen LogP contribution >= 0.6 is 11.8 Å². The number of carbonyl (C=O) groups excluding carboxylic acids is 2. The van der Waals surface area contributed by atoms with Gasteiger partial charge >= 0.3 is 0 Å². The molecular formula is C27H24FN3O4S. The van der Waals surface area contributed by atoms with Gasteiger partial charge < -0.3 is 24.7 Å². The van der Waals surface area contributed by atoms with Crippen LogP contribution in [0, 0.1) is 5.82 Å². The maximum Gasteiger partial charge on any atom is 0.251 e. The van der Waals surface area contributed by atoms with Crippen molar-refractivity contribution in [3.8, 4) is 11.5 Å². The van der Waals surface area contributed by atoms with Gasteiger partial charge in [-0.2, -0.15) is 0 Å². The van der Waals surface area contributed by atoms with Crippen molar-refractivity contribution in [1.29, 1.82) is 0 Å². The van der Waals surface area contributed by atoms with Gasteiger partial charge in [-0.3, -0.25) is 9.59 Å². The molecule has 9 heteroatoms. The Kier molecular flexibility index (Phi) is 7.08. The summed E-state index contributed by atoms with van der Waals surface area (Å²) in [5.74, 6) is 0.785. The van der Waals surface area contributed by atoms with E-state index < -0.39 is 0 Å². The molecular weight excluding hydrogens is 481 g/mol. The molecule has 184 valence electrons. The van der Waals surface area contributed by atoms with Gasteiger partial charge in [0.1, 0.15) is 19.0 Å². The third-order valence-electron chi connectivity index (χ3n) is 5.68. The fourth-order valence-corrected chi connectivity index (χ4v) is 4.86. The second-order valence-electron chi connectivity index (χ2n) is 8.16. The molecule has 0 saturated heterocycles. The number of hydrogen-bond donors (Lipinski definition) is 2. The molecule has 4 aromatic rings. The third kappa shape index (κ3) is 5.46. The molecule has 0 atom stereocenters. The molecule has 7 nitrogen and oxygen atoms in total. The zero-order valence-corrected chi connectivity index (χ0v) is 20.1. The van der Waals surface area contributed by atoms with Crippen LogP contribution in [0.5, 0.6) is 11.5 Å². The Labute approximate surface area is 211 Å². The van der Waals surface area contributed by atoms with Crippen molar-refractivity contribution in [2.24, 2.45) is 0 Å². The van der Waals surface area contributed by atoms with Crippen molar-refractivity contribution >= 4 is 40.2 Å². The first-order chi connectivity index (χ1) is 17.6. The molecule has 1 aliphatic rings. The first-order valence-corrected chi connectivity index (χ1v) is 12.5. The predicted octanol–water partition coefficient (Wildman–Crippen LogP) is 4.71. The van der Waals surface area contributed by atoms with E-state index in [0.717, 1.165) is 15.8 Å². The number of anilines is 1. The molecule has 0 unspecified atom stereocenters. The molecule has 0 radical (unpaired) electrons. The van der Waals surface area contributed by atoms with Crippen LogP contribution in [0.1, 0.15) is 10.4 Å². The van der Waals surface area contributed by atoms with Gasteiger partial charge in [-0.25, -0.2) is 4.39 Å². The molecule has 1 aromatic heterocycles. The number of nitrogens with one attached hydrogen (secondary N) is 2. The van der Waals surface area contributed by atoms with Gasteiger partial charge in [-0.05, 0) is 42.5 Å². The highest BCUT2D eigenvalue weighted by atomic mass is 32.2. The molecule has 2 heterocycles. The number of thioether (sulfide) groups is 1.